The molecule has 0 atom stereocenters. The molecular weight excluding hydrogens is 315 g/mol. The summed E-state index contributed by atoms with van der Waals surface area (Å²) in [6.45, 7) is 0.151. The van der Waals surface area contributed by atoms with Crippen molar-refractivity contribution in [2.75, 3.05) is 26.0 Å². The molecule has 0 fully saturated rings. The lowest BCUT2D eigenvalue weighted by molar-refractivity contribution is -0.126. The normalized spacial score (nSPS) is 10.7. The van der Waals surface area contributed by atoms with Crippen molar-refractivity contribution >= 4 is 33.3 Å². The Hall–Kier alpha value is -2.54. The molecule has 1 N–H and O–H groups in total. The van der Waals surface area contributed by atoms with Gasteiger partial charge < -0.3 is 10.2 Å². The number of hydrogen-bond acceptors (Lipinski definition) is 5. The predicted octanol–water partition coefficient (Wildman–Crippen LogP) is 3.00. The van der Waals surface area contributed by atoms with Gasteiger partial charge in [-0.25, -0.2) is 14.4 Å². The molecule has 0 aliphatic carbocycles. The van der Waals surface area contributed by atoms with E-state index in [-0.39, 0.29) is 18.3 Å². The molecular formula is C16H15FN4OS. The number of thiophene rings is 1. The summed E-state index contributed by atoms with van der Waals surface area (Å²) in [5.74, 6) is 0.278. The summed E-state index contributed by atoms with van der Waals surface area (Å²) in [6.07, 6.45) is 1.47. The molecule has 23 heavy (non-hydrogen) atoms. The first-order valence-corrected chi connectivity index (χ1v) is 7.86. The summed E-state index contributed by atoms with van der Waals surface area (Å²) in [5, 5.41) is 5.87. The van der Waals surface area contributed by atoms with Gasteiger partial charge in [0.05, 0.1) is 11.9 Å². The lowest BCUT2D eigenvalue weighted by Crippen LogP contribution is -2.28. The number of rotatable bonds is 4. The van der Waals surface area contributed by atoms with Gasteiger partial charge in [-0.2, -0.15) is 0 Å². The van der Waals surface area contributed by atoms with Gasteiger partial charge in [0.25, 0.3) is 0 Å². The van der Waals surface area contributed by atoms with Gasteiger partial charge in [0.2, 0.25) is 5.91 Å². The Balaban J connectivity index is 2.00. The van der Waals surface area contributed by atoms with Gasteiger partial charge >= 0.3 is 0 Å². The Labute approximate surface area is 136 Å². The first-order chi connectivity index (χ1) is 11.1. The van der Waals surface area contributed by atoms with Crippen LogP contribution in [0.5, 0.6) is 0 Å². The summed E-state index contributed by atoms with van der Waals surface area (Å²) in [7, 11) is 3.40. The third-order valence-electron chi connectivity index (χ3n) is 3.43. The monoisotopic (exact) mass is 330 g/mol. The number of halogens is 1. The van der Waals surface area contributed by atoms with E-state index in [1.807, 2.05) is 5.38 Å². The van der Waals surface area contributed by atoms with Crippen LogP contribution in [-0.4, -0.2) is 41.4 Å². The molecule has 2 heterocycles. The molecule has 0 bridgehead atoms. The molecule has 3 aromatic rings. The summed E-state index contributed by atoms with van der Waals surface area (Å²) in [5.41, 5.74) is 1.81. The van der Waals surface area contributed by atoms with Crippen LogP contribution in [0.3, 0.4) is 0 Å². The molecule has 0 aliphatic heterocycles. The van der Waals surface area contributed by atoms with Crippen LogP contribution >= 0.6 is 11.3 Å². The van der Waals surface area contributed by atoms with E-state index in [0.29, 0.717) is 5.82 Å². The van der Waals surface area contributed by atoms with E-state index in [1.165, 1.54) is 34.7 Å². The number of carbonyl (C=O) groups excluding carboxylic acids is 1. The van der Waals surface area contributed by atoms with Crippen molar-refractivity contribution in [2.24, 2.45) is 0 Å². The summed E-state index contributed by atoms with van der Waals surface area (Å²) < 4.78 is 13.1. The number of fused-ring (bicyclic) bond motifs is 1. The number of nitrogens with zero attached hydrogens (tertiary/aromatic N) is 3. The van der Waals surface area contributed by atoms with Crippen molar-refractivity contribution < 1.29 is 9.18 Å². The van der Waals surface area contributed by atoms with E-state index in [2.05, 4.69) is 15.3 Å². The molecule has 118 valence electrons. The largest absolute Gasteiger partial charge is 0.360 e. The van der Waals surface area contributed by atoms with Gasteiger partial charge in [-0.1, -0.05) is 12.1 Å². The van der Waals surface area contributed by atoms with E-state index in [0.717, 1.165) is 21.3 Å². The van der Waals surface area contributed by atoms with Gasteiger partial charge in [-0.15, -0.1) is 11.3 Å². The van der Waals surface area contributed by atoms with Crippen molar-refractivity contribution in [1.82, 2.24) is 14.9 Å². The molecule has 5 nitrogen and oxygen atoms in total. The van der Waals surface area contributed by atoms with Gasteiger partial charge in [-0.3, -0.25) is 4.79 Å². The van der Waals surface area contributed by atoms with Crippen molar-refractivity contribution in [1.29, 1.82) is 0 Å². The molecule has 0 unspecified atom stereocenters. The minimum atomic E-state index is -0.278. The summed E-state index contributed by atoms with van der Waals surface area (Å²) in [6, 6.07) is 6.29. The Morgan fingerprint density at radius 3 is 2.70 bits per heavy atom. The number of anilines is 1. The van der Waals surface area contributed by atoms with Crippen LogP contribution in [0.25, 0.3) is 21.3 Å². The highest BCUT2D eigenvalue weighted by molar-refractivity contribution is 7.17. The van der Waals surface area contributed by atoms with Crippen molar-refractivity contribution in [3.05, 3.63) is 41.8 Å². The Kier molecular flexibility index (Phi) is 4.20. The molecule has 3 rings (SSSR count). The molecule has 1 aromatic carbocycles. The third kappa shape index (κ3) is 3.14. The predicted molar refractivity (Wildman–Crippen MR) is 90.0 cm³/mol. The Morgan fingerprint density at radius 1 is 1.26 bits per heavy atom. The number of hydrogen-bond donors (Lipinski definition) is 1. The van der Waals surface area contributed by atoms with E-state index in [4.69, 9.17) is 0 Å². The van der Waals surface area contributed by atoms with Crippen LogP contribution in [0.2, 0.25) is 0 Å². The van der Waals surface area contributed by atoms with E-state index >= 15 is 0 Å². The second-order valence-corrected chi connectivity index (χ2v) is 6.06. The second kappa shape index (κ2) is 6.29. The highest BCUT2D eigenvalue weighted by Gasteiger charge is 2.14. The lowest BCUT2D eigenvalue weighted by Gasteiger charge is -2.12. The number of aromatic nitrogens is 2. The molecule has 0 aliphatic rings. The number of amides is 1. The van der Waals surface area contributed by atoms with Crippen LogP contribution < -0.4 is 5.32 Å². The standard InChI is InChI=1S/C16H15FN4OS/c1-21(2)13(22)7-18-15-14-12(8-23-16(14)20-9-19-15)10-3-5-11(17)6-4-10/h3-6,8-9H,7H2,1-2H3,(H,18,19,20). The van der Waals surface area contributed by atoms with Crippen LogP contribution in [-0.2, 0) is 4.79 Å². The fourth-order valence-electron chi connectivity index (χ4n) is 2.17. The smallest absolute Gasteiger partial charge is 0.241 e. The highest BCUT2D eigenvalue weighted by atomic mass is 32.1. The molecule has 0 saturated heterocycles. The maximum absolute atomic E-state index is 13.1. The van der Waals surface area contributed by atoms with E-state index < -0.39 is 0 Å². The average Bonchev–Trinajstić information content (AvgIpc) is 2.98. The van der Waals surface area contributed by atoms with Crippen LogP contribution in [0, 0.1) is 5.82 Å². The fraction of sp³-hybridized carbons (Fsp3) is 0.188. The lowest BCUT2D eigenvalue weighted by atomic mass is 10.1. The SMILES string of the molecule is CN(C)C(=O)CNc1ncnc2scc(-c3ccc(F)cc3)c12. The van der Waals surface area contributed by atoms with Gasteiger partial charge in [0.15, 0.2) is 0 Å². The number of nitrogens with one attached hydrogen (secondary N) is 1. The quantitative estimate of drug-likeness (QED) is 0.799. The van der Waals surface area contributed by atoms with Gasteiger partial charge in [0, 0.05) is 25.0 Å². The number of carbonyl (C=O) groups is 1. The first kappa shape index (κ1) is 15.4. The average molecular weight is 330 g/mol. The number of benzene rings is 1. The topological polar surface area (TPSA) is 58.1 Å². The van der Waals surface area contributed by atoms with Crippen molar-refractivity contribution in [2.45, 2.75) is 0 Å². The van der Waals surface area contributed by atoms with Crippen LogP contribution in [0.15, 0.2) is 36.0 Å². The molecule has 7 heteroatoms. The van der Waals surface area contributed by atoms with Gasteiger partial charge in [0.1, 0.15) is 22.8 Å². The summed E-state index contributed by atoms with van der Waals surface area (Å²) in [4.78, 5) is 22.6. The zero-order valence-corrected chi connectivity index (χ0v) is 13.5. The minimum absolute atomic E-state index is 0.0460. The maximum Gasteiger partial charge on any atom is 0.241 e. The molecule has 2 aromatic heterocycles. The third-order valence-corrected chi connectivity index (χ3v) is 4.32. The van der Waals surface area contributed by atoms with E-state index in [9.17, 15) is 9.18 Å². The Bertz CT molecular complexity index is 845. The van der Waals surface area contributed by atoms with E-state index in [1.54, 1.807) is 26.2 Å². The second-order valence-electron chi connectivity index (χ2n) is 5.20. The molecule has 0 saturated carbocycles. The minimum Gasteiger partial charge on any atom is -0.360 e. The highest BCUT2D eigenvalue weighted by Crippen LogP contribution is 2.36. The molecule has 0 spiro atoms. The zero-order chi connectivity index (χ0) is 16.4. The first-order valence-electron chi connectivity index (χ1n) is 6.98. The van der Waals surface area contributed by atoms with Crippen LogP contribution in [0.4, 0.5) is 10.2 Å². The maximum atomic E-state index is 13.1. The summed E-state index contributed by atoms with van der Waals surface area (Å²) >= 11 is 1.49. The van der Waals surface area contributed by atoms with Crippen molar-refractivity contribution in [3.63, 3.8) is 0 Å². The Morgan fingerprint density at radius 2 is 2.00 bits per heavy atom. The molecule has 1 amide bonds. The van der Waals surface area contributed by atoms with Crippen molar-refractivity contribution in [3.8, 4) is 11.1 Å². The zero-order valence-electron chi connectivity index (χ0n) is 12.7. The fourth-order valence-corrected chi connectivity index (χ4v) is 3.08. The number of likely N-dealkylation sites (N-methyl/N-ethyl adjacent to an activating group) is 1. The van der Waals surface area contributed by atoms with Crippen LogP contribution in [0.1, 0.15) is 0 Å². The molecule has 0 radical (unpaired) electrons. The van der Waals surface area contributed by atoms with Gasteiger partial charge in [-0.05, 0) is 17.7 Å².